The average Bonchev–Trinajstić information content (AvgIpc) is 3.25. The van der Waals surface area contributed by atoms with Crippen molar-refractivity contribution in [3.8, 4) is 0 Å². The first-order valence-electron chi connectivity index (χ1n) is 8.98. The summed E-state index contributed by atoms with van der Waals surface area (Å²) >= 11 is 3.36. The summed E-state index contributed by atoms with van der Waals surface area (Å²) in [6.45, 7) is 2.45. The van der Waals surface area contributed by atoms with E-state index in [9.17, 15) is 9.59 Å². The van der Waals surface area contributed by atoms with Crippen LogP contribution in [0.1, 0.15) is 22.8 Å². The number of esters is 1. The van der Waals surface area contributed by atoms with Crippen LogP contribution in [0.5, 0.6) is 0 Å². The zero-order valence-electron chi connectivity index (χ0n) is 15.8. The van der Waals surface area contributed by atoms with E-state index in [0.29, 0.717) is 11.3 Å². The molecule has 2 aromatic carbocycles. The number of amides is 1. The molecular formula is C21H22N2O3S2. The maximum Gasteiger partial charge on any atom is 0.339 e. The number of thioether (sulfide) groups is 2. The van der Waals surface area contributed by atoms with Gasteiger partial charge >= 0.3 is 5.97 Å². The number of para-hydroxylation sites is 1. The van der Waals surface area contributed by atoms with Crippen LogP contribution < -0.4 is 4.90 Å². The third kappa shape index (κ3) is 5.17. The summed E-state index contributed by atoms with van der Waals surface area (Å²) in [5.41, 5.74) is 2.12. The third-order valence-corrected chi connectivity index (χ3v) is 6.55. The normalized spacial score (nSPS) is 14.3. The monoisotopic (exact) mass is 414 g/mol. The number of nitrogens with zero attached hydrogens (tertiary/aromatic N) is 2. The Morgan fingerprint density at radius 1 is 1.18 bits per heavy atom. The lowest BCUT2D eigenvalue weighted by molar-refractivity contribution is -0.126. The molecule has 7 heteroatoms. The van der Waals surface area contributed by atoms with Gasteiger partial charge in [0.05, 0.1) is 12.1 Å². The van der Waals surface area contributed by atoms with Gasteiger partial charge in [0.2, 0.25) is 0 Å². The van der Waals surface area contributed by atoms with E-state index in [1.807, 2.05) is 42.5 Å². The Hall–Kier alpha value is -2.25. The highest BCUT2D eigenvalue weighted by atomic mass is 32.2. The topological polar surface area (TPSA) is 59.0 Å². The smallest absolute Gasteiger partial charge is 0.339 e. The highest BCUT2D eigenvalue weighted by molar-refractivity contribution is 8.38. The summed E-state index contributed by atoms with van der Waals surface area (Å²) in [4.78, 5) is 31.2. The third-order valence-electron chi connectivity index (χ3n) is 4.25. The molecule has 1 heterocycles. The molecule has 0 N–H and O–H groups in total. The second-order valence-electron chi connectivity index (χ2n) is 6.22. The SMILES string of the molecule is C[C@H](OC(=O)c1ccccc1CSC1=NCCS1)C(=O)N(C)c1ccccc1. The number of carbonyl (C=O) groups is 2. The number of benzene rings is 2. The van der Waals surface area contributed by atoms with Gasteiger partial charge in [0.1, 0.15) is 4.38 Å². The Morgan fingerprint density at radius 3 is 2.61 bits per heavy atom. The van der Waals surface area contributed by atoms with Gasteiger partial charge in [0.25, 0.3) is 5.91 Å². The van der Waals surface area contributed by atoms with Crippen LogP contribution in [0.3, 0.4) is 0 Å². The van der Waals surface area contributed by atoms with Gasteiger partial charge < -0.3 is 9.64 Å². The van der Waals surface area contributed by atoms with E-state index in [2.05, 4.69) is 4.99 Å². The first kappa shape index (κ1) is 20.5. The summed E-state index contributed by atoms with van der Waals surface area (Å²) in [6.07, 6.45) is -0.881. The van der Waals surface area contributed by atoms with Crippen LogP contribution in [0.25, 0.3) is 0 Å². The number of ether oxygens (including phenoxy) is 1. The van der Waals surface area contributed by atoms with Gasteiger partial charge in [-0.25, -0.2) is 4.79 Å². The number of aliphatic imine (C=N–C) groups is 1. The molecule has 0 unspecified atom stereocenters. The molecule has 0 spiro atoms. The molecule has 146 valence electrons. The molecule has 2 aromatic rings. The molecule has 0 aliphatic carbocycles. The predicted octanol–water partition coefficient (Wildman–Crippen LogP) is 4.23. The van der Waals surface area contributed by atoms with Crippen molar-refractivity contribution in [3.63, 3.8) is 0 Å². The Morgan fingerprint density at radius 2 is 1.89 bits per heavy atom. The highest BCUT2D eigenvalue weighted by Gasteiger charge is 2.24. The van der Waals surface area contributed by atoms with Gasteiger partial charge in [-0.1, -0.05) is 59.9 Å². The zero-order chi connectivity index (χ0) is 19.9. The van der Waals surface area contributed by atoms with Crippen molar-refractivity contribution in [2.75, 3.05) is 24.2 Å². The molecule has 0 aromatic heterocycles. The first-order valence-corrected chi connectivity index (χ1v) is 10.9. The van der Waals surface area contributed by atoms with Crippen molar-refractivity contribution in [2.45, 2.75) is 18.8 Å². The molecular weight excluding hydrogens is 392 g/mol. The van der Waals surface area contributed by atoms with E-state index in [0.717, 1.165) is 27.9 Å². The average molecular weight is 415 g/mol. The molecule has 28 heavy (non-hydrogen) atoms. The lowest BCUT2D eigenvalue weighted by atomic mass is 10.1. The quantitative estimate of drug-likeness (QED) is 0.662. The molecule has 1 atom stereocenters. The summed E-state index contributed by atoms with van der Waals surface area (Å²) in [5, 5.41) is 0. The summed E-state index contributed by atoms with van der Waals surface area (Å²) in [6, 6.07) is 16.6. The molecule has 1 aliphatic rings. The number of rotatable bonds is 6. The van der Waals surface area contributed by atoms with Crippen LogP contribution in [-0.4, -0.2) is 41.7 Å². The number of anilines is 1. The molecule has 0 saturated heterocycles. The van der Waals surface area contributed by atoms with E-state index >= 15 is 0 Å². The van der Waals surface area contributed by atoms with E-state index in [-0.39, 0.29) is 5.91 Å². The Bertz CT molecular complexity index is 871. The van der Waals surface area contributed by atoms with Crippen molar-refractivity contribution < 1.29 is 14.3 Å². The van der Waals surface area contributed by atoms with E-state index in [1.165, 1.54) is 4.90 Å². The Balaban J connectivity index is 1.64. The van der Waals surface area contributed by atoms with Crippen LogP contribution in [0.4, 0.5) is 5.69 Å². The number of hydrogen-bond acceptors (Lipinski definition) is 6. The second kappa shape index (κ2) is 9.80. The van der Waals surface area contributed by atoms with Crippen LogP contribution in [0.2, 0.25) is 0 Å². The van der Waals surface area contributed by atoms with Crippen LogP contribution in [-0.2, 0) is 15.3 Å². The van der Waals surface area contributed by atoms with Crippen molar-refractivity contribution >= 4 is 45.5 Å². The van der Waals surface area contributed by atoms with E-state index in [4.69, 9.17) is 4.74 Å². The molecule has 0 fully saturated rings. The minimum absolute atomic E-state index is 0.275. The fourth-order valence-corrected chi connectivity index (χ4v) is 4.73. The second-order valence-corrected chi connectivity index (χ2v) is 8.53. The van der Waals surface area contributed by atoms with Crippen molar-refractivity contribution in [1.29, 1.82) is 0 Å². The highest BCUT2D eigenvalue weighted by Crippen LogP contribution is 2.27. The predicted molar refractivity (Wildman–Crippen MR) is 117 cm³/mol. The van der Waals surface area contributed by atoms with Crippen molar-refractivity contribution in [1.82, 2.24) is 0 Å². The van der Waals surface area contributed by atoms with Crippen molar-refractivity contribution in [2.24, 2.45) is 4.99 Å². The first-order chi connectivity index (χ1) is 13.6. The maximum atomic E-state index is 12.7. The van der Waals surface area contributed by atoms with Gasteiger partial charge in [0, 0.05) is 24.2 Å². The lowest BCUT2D eigenvalue weighted by Crippen LogP contribution is -2.37. The molecule has 0 radical (unpaired) electrons. The fraction of sp³-hybridized carbons (Fsp3) is 0.286. The van der Waals surface area contributed by atoms with Crippen LogP contribution in [0, 0.1) is 0 Å². The van der Waals surface area contributed by atoms with Gasteiger partial charge in [-0.15, -0.1) is 0 Å². The van der Waals surface area contributed by atoms with Gasteiger partial charge in [-0.2, -0.15) is 0 Å². The number of carbonyl (C=O) groups excluding carboxylic acids is 2. The lowest BCUT2D eigenvalue weighted by Gasteiger charge is -2.22. The molecule has 5 nitrogen and oxygen atoms in total. The molecule has 0 saturated carbocycles. The number of likely N-dealkylation sites (N-methyl/N-ethyl adjacent to an activating group) is 1. The van der Waals surface area contributed by atoms with Gasteiger partial charge in [0.15, 0.2) is 6.10 Å². The molecule has 3 rings (SSSR count). The summed E-state index contributed by atoms with van der Waals surface area (Å²) in [5.74, 6) is 0.895. The van der Waals surface area contributed by atoms with Crippen LogP contribution >= 0.6 is 23.5 Å². The minimum atomic E-state index is -0.881. The standard InChI is InChI=1S/C21H22N2O3S2/c1-15(19(24)23(2)17-9-4-3-5-10-17)26-20(25)18-11-7-6-8-16(18)14-28-21-22-12-13-27-21/h3-11,15H,12-14H2,1-2H3/t15-/m0/s1. The molecule has 1 aliphatic heterocycles. The largest absolute Gasteiger partial charge is 0.449 e. The maximum absolute atomic E-state index is 12.7. The van der Waals surface area contributed by atoms with E-state index < -0.39 is 12.1 Å². The molecule has 1 amide bonds. The van der Waals surface area contributed by atoms with E-state index in [1.54, 1.807) is 49.6 Å². The number of hydrogen-bond donors (Lipinski definition) is 0. The Labute approximate surface area is 173 Å². The summed E-state index contributed by atoms with van der Waals surface area (Å²) < 4.78 is 6.53. The minimum Gasteiger partial charge on any atom is -0.449 e. The zero-order valence-corrected chi connectivity index (χ0v) is 17.5. The van der Waals surface area contributed by atoms with Crippen molar-refractivity contribution in [3.05, 3.63) is 65.7 Å². The fourth-order valence-electron chi connectivity index (χ4n) is 2.71. The Kier molecular flexibility index (Phi) is 7.17. The summed E-state index contributed by atoms with van der Waals surface area (Å²) in [7, 11) is 1.67. The van der Waals surface area contributed by atoms with Gasteiger partial charge in [-0.3, -0.25) is 9.79 Å². The van der Waals surface area contributed by atoms with Gasteiger partial charge in [-0.05, 0) is 30.7 Å². The van der Waals surface area contributed by atoms with Crippen LogP contribution in [0.15, 0.2) is 59.6 Å². The molecule has 0 bridgehead atoms.